The van der Waals surface area contributed by atoms with Crippen LogP contribution in [0.5, 0.6) is 0 Å². The van der Waals surface area contributed by atoms with Crippen LogP contribution in [0, 0.1) is 0 Å². The summed E-state index contributed by atoms with van der Waals surface area (Å²) in [5.74, 6) is 0.370. The van der Waals surface area contributed by atoms with Gasteiger partial charge in [0.2, 0.25) is 5.91 Å². The Labute approximate surface area is 111 Å². The number of hydrogen-bond acceptors (Lipinski definition) is 2. The SMILES string of the molecule is CCC1(C(=O)N2CCCCCC2)CCCN1.Cl. The summed E-state index contributed by atoms with van der Waals surface area (Å²) in [4.78, 5) is 14.7. The minimum atomic E-state index is -0.218. The van der Waals surface area contributed by atoms with Crippen LogP contribution in [0.4, 0.5) is 0 Å². The van der Waals surface area contributed by atoms with Gasteiger partial charge in [-0.2, -0.15) is 0 Å². The van der Waals surface area contributed by atoms with Gasteiger partial charge in [0.25, 0.3) is 0 Å². The highest BCUT2D eigenvalue weighted by Crippen LogP contribution is 2.26. The normalized spacial score (nSPS) is 29.6. The smallest absolute Gasteiger partial charge is 0.242 e. The molecule has 2 heterocycles. The summed E-state index contributed by atoms with van der Waals surface area (Å²) in [7, 11) is 0. The Balaban J connectivity index is 0.00000144. The molecular weight excluding hydrogens is 236 g/mol. The third-order valence-corrected chi connectivity index (χ3v) is 4.15. The molecule has 0 aliphatic carbocycles. The van der Waals surface area contributed by atoms with Crippen LogP contribution in [0.1, 0.15) is 51.9 Å². The summed E-state index contributed by atoms with van der Waals surface area (Å²) in [6, 6.07) is 0. The lowest BCUT2D eigenvalue weighted by Gasteiger charge is -2.33. The maximum absolute atomic E-state index is 12.6. The monoisotopic (exact) mass is 260 g/mol. The van der Waals surface area contributed by atoms with Crippen molar-refractivity contribution in [2.75, 3.05) is 19.6 Å². The first-order chi connectivity index (χ1) is 7.78. The molecule has 0 aromatic rings. The number of nitrogens with zero attached hydrogens (tertiary/aromatic N) is 1. The quantitative estimate of drug-likeness (QED) is 0.827. The van der Waals surface area contributed by atoms with Crippen LogP contribution in [0.15, 0.2) is 0 Å². The molecule has 2 saturated heterocycles. The average molecular weight is 261 g/mol. The minimum absolute atomic E-state index is 0. The number of carbonyl (C=O) groups excluding carboxylic acids is 1. The van der Waals surface area contributed by atoms with Gasteiger partial charge in [0.05, 0.1) is 5.54 Å². The van der Waals surface area contributed by atoms with Gasteiger partial charge in [-0.05, 0) is 38.6 Å². The van der Waals surface area contributed by atoms with Crippen LogP contribution in [0.2, 0.25) is 0 Å². The molecule has 3 nitrogen and oxygen atoms in total. The Morgan fingerprint density at radius 3 is 2.29 bits per heavy atom. The first-order valence-electron chi connectivity index (χ1n) is 6.83. The predicted molar refractivity (Wildman–Crippen MR) is 72.6 cm³/mol. The number of carbonyl (C=O) groups is 1. The minimum Gasteiger partial charge on any atom is -0.341 e. The van der Waals surface area contributed by atoms with E-state index in [4.69, 9.17) is 0 Å². The van der Waals surface area contributed by atoms with Crippen molar-refractivity contribution in [3.8, 4) is 0 Å². The molecule has 0 spiro atoms. The van der Waals surface area contributed by atoms with E-state index in [1.807, 2.05) is 0 Å². The molecule has 0 bridgehead atoms. The number of rotatable bonds is 2. The number of amides is 1. The Morgan fingerprint density at radius 2 is 1.82 bits per heavy atom. The van der Waals surface area contributed by atoms with Crippen molar-refractivity contribution < 1.29 is 4.79 Å². The van der Waals surface area contributed by atoms with Gasteiger partial charge in [-0.15, -0.1) is 12.4 Å². The van der Waals surface area contributed by atoms with E-state index < -0.39 is 0 Å². The summed E-state index contributed by atoms with van der Waals surface area (Å²) in [5.41, 5.74) is -0.218. The van der Waals surface area contributed by atoms with E-state index in [-0.39, 0.29) is 17.9 Å². The zero-order valence-corrected chi connectivity index (χ0v) is 11.7. The highest BCUT2D eigenvalue weighted by Gasteiger charge is 2.41. The van der Waals surface area contributed by atoms with Gasteiger partial charge in [0.1, 0.15) is 0 Å². The highest BCUT2D eigenvalue weighted by atomic mass is 35.5. The van der Waals surface area contributed by atoms with E-state index in [2.05, 4.69) is 17.1 Å². The molecule has 0 radical (unpaired) electrons. The molecule has 2 aliphatic heterocycles. The zero-order valence-electron chi connectivity index (χ0n) is 10.8. The van der Waals surface area contributed by atoms with Crippen molar-refractivity contribution in [3.63, 3.8) is 0 Å². The third-order valence-electron chi connectivity index (χ3n) is 4.15. The number of halogens is 1. The van der Waals surface area contributed by atoms with Gasteiger partial charge in [0.15, 0.2) is 0 Å². The van der Waals surface area contributed by atoms with Gasteiger partial charge in [0, 0.05) is 13.1 Å². The largest absolute Gasteiger partial charge is 0.341 e. The third kappa shape index (κ3) is 3.14. The fourth-order valence-electron chi connectivity index (χ4n) is 3.02. The molecule has 0 saturated carbocycles. The van der Waals surface area contributed by atoms with Crippen LogP contribution >= 0.6 is 12.4 Å². The summed E-state index contributed by atoms with van der Waals surface area (Å²) in [6.45, 7) is 5.09. The number of hydrogen-bond donors (Lipinski definition) is 1. The molecule has 17 heavy (non-hydrogen) atoms. The molecule has 0 aromatic heterocycles. The fourth-order valence-corrected chi connectivity index (χ4v) is 3.02. The number of likely N-dealkylation sites (tertiary alicyclic amines) is 1. The summed E-state index contributed by atoms with van der Waals surface area (Å²) >= 11 is 0. The van der Waals surface area contributed by atoms with Gasteiger partial charge < -0.3 is 10.2 Å². The maximum atomic E-state index is 12.6. The van der Waals surface area contributed by atoms with E-state index in [0.29, 0.717) is 5.91 Å². The van der Waals surface area contributed by atoms with Crippen LogP contribution < -0.4 is 5.32 Å². The predicted octanol–water partition coefficient (Wildman–Crippen LogP) is 2.34. The lowest BCUT2D eigenvalue weighted by Crippen LogP contribution is -2.54. The zero-order chi connectivity index (χ0) is 11.4. The summed E-state index contributed by atoms with van der Waals surface area (Å²) in [6.07, 6.45) is 8.05. The summed E-state index contributed by atoms with van der Waals surface area (Å²) in [5, 5.41) is 3.45. The van der Waals surface area contributed by atoms with E-state index in [1.54, 1.807) is 0 Å². The van der Waals surface area contributed by atoms with Crippen molar-refractivity contribution in [1.82, 2.24) is 10.2 Å². The van der Waals surface area contributed by atoms with E-state index >= 15 is 0 Å². The highest BCUT2D eigenvalue weighted by molar-refractivity contribution is 5.86. The van der Waals surface area contributed by atoms with Gasteiger partial charge in [-0.25, -0.2) is 0 Å². The molecule has 1 atom stereocenters. The molecule has 2 fully saturated rings. The standard InChI is InChI=1S/C13H24N2O.ClH/c1-2-13(8-7-9-14-13)12(16)15-10-5-3-4-6-11-15;/h14H,2-11H2,1H3;1H. The second-order valence-corrected chi connectivity index (χ2v) is 5.17. The number of nitrogens with one attached hydrogen (secondary N) is 1. The molecule has 4 heteroatoms. The maximum Gasteiger partial charge on any atom is 0.242 e. The van der Waals surface area contributed by atoms with Crippen LogP contribution in [0.25, 0.3) is 0 Å². The van der Waals surface area contributed by atoms with Crippen molar-refractivity contribution in [3.05, 3.63) is 0 Å². The first kappa shape index (κ1) is 14.8. The molecule has 100 valence electrons. The van der Waals surface area contributed by atoms with Crippen molar-refractivity contribution >= 4 is 18.3 Å². The van der Waals surface area contributed by atoms with E-state index in [0.717, 1.165) is 38.9 Å². The average Bonchev–Trinajstić information content (AvgIpc) is 2.64. The van der Waals surface area contributed by atoms with Gasteiger partial charge >= 0.3 is 0 Å². The molecule has 1 amide bonds. The van der Waals surface area contributed by atoms with Crippen LogP contribution in [-0.4, -0.2) is 36.0 Å². The van der Waals surface area contributed by atoms with Gasteiger partial charge in [-0.1, -0.05) is 19.8 Å². The lowest BCUT2D eigenvalue weighted by molar-refractivity contribution is -0.138. The van der Waals surface area contributed by atoms with Gasteiger partial charge in [-0.3, -0.25) is 4.79 Å². The van der Waals surface area contributed by atoms with Crippen LogP contribution in [-0.2, 0) is 4.79 Å². The summed E-state index contributed by atoms with van der Waals surface area (Å²) < 4.78 is 0. The molecule has 2 rings (SSSR count). The molecule has 1 unspecified atom stereocenters. The van der Waals surface area contributed by atoms with Crippen molar-refractivity contribution in [2.45, 2.75) is 57.4 Å². The first-order valence-corrected chi connectivity index (χ1v) is 6.83. The Morgan fingerprint density at radius 1 is 1.18 bits per heavy atom. The lowest BCUT2D eigenvalue weighted by atomic mass is 9.92. The Kier molecular flexibility index (Phi) is 5.74. The molecular formula is C13H25ClN2O. The van der Waals surface area contributed by atoms with E-state index in [9.17, 15) is 4.79 Å². The topological polar surface area (TPSA) is 32.3 Å². The Bertz CT molecular complexity index is 244. The fraction of sp³-hybridized carbons (Fsp3) is 0.923. The molecule has 0 aromatic carbocycles. The van der Waals surface area contributed by atoms with Crippen molar-refractivity contribution in [1.29, 1.82) is 0 Å². The van der Waals surface area contributed by atoms with E-state index in [1.165, 1.54) is 25.7 Å². The van der Waals surface area contributed by atoms with Crippen molar-refractivity contribution in [2.24, 2.45) is 0 Å². The second-order valence-electron chi connectivity index (χ2n) is 5.17. The molecule has 2 aliphatic rings. The molecule has 1 N–H and O–H groups in total. The Hall–Kier alpha value is -0.280. The second kappa shape index (κ2) is 6.60. The van der Waals surface area contributed by atoms with Crippen LogP contribution in [0.3, 0.4) is 0 Å².